The Morgan fingerprint density at radius 3 is 2.38 bits per heavy atom. The molecule has 1 atom stereocenters. The highest BCUT2D eigenvalue weighted by atomic mass is 32.2. The minimum atomic E-state index is -2.03. The average Bonchev–Trinajstić information content (AvgIpc) is 2.67. The van der Waals surface area contributed by atoms with Crippen molar-refractivity contribution in [3.8, 4) is 28.1 Å². The number of hydrogen-bond acceptors (Lipinski definition) is 5. The second-order valence-corrected chi connectivity index (χ2v) is 6.30. The number of nitrogens with zero attached hydrogens (tertiary/aromatic N) is 2. The quantitative estimate of drug-likeness (QED) is 0.575. The maximum atomic E-state index is 10.7. The van der Waals surface area contributed by atoms with Crippen molar-refractivity contribution in [2.75, 3.05) is 12.8 Å². The fraction of sp³-hybridized carbons (Fsp3) is 0.111. The van der Waals surface area contributed by atoms with Gasteiger partial charge in [0.1, 0.15) is 5.82 Å². The van der Waals surface area contributed by atoms with E-state index in [4.69, 9.17) is 15.0 Å². The molecule has 1 unspecified atom stereocenters. The minimum Gasteiger partial charge on any atom is -0.481 e. The molecule has 26 heavy (non-hydrogen) atoms. The van der Waals surface area contributed by atoms with E-state index in [1.165, 1.54) is 0 Å². The average molecular weight is 370 g/mol. The molecule has 0 amide bonds. The molecule has 0 saturated carbocycles. The van der Waals surface area contributed by atoms with E-state index in [2.05, 4.69) is 14.7 Å². The summed E-state index contributed by atoms with van der Waals surface area (Å²) >= 11 is -2.03. The first kappa shape index (κ1) is 18.0. The van der Waals surface area contributed by atoms with Gasteiger partial charge < -0.3 is 10.5 Å². The van der Waals surface area contributed by atoms with Gasteiger partial charge in [-0.25, -0.2) is 18.9 Å². The highest BCUT2D eigenvalue weighted by molar-refractivity contribution is 7.77. The van der Waals surface area contributed by atoms with Crippen molar-refractivity contribution in [2.45, 2.75) is 6.54 Å². The number of nitrogens with one attached hydrogen (secondary N) is 1. The zero-order valence-electron chi connectivity index (χ0n) is 14.0. The predicted octanol–water partition coefficient (Wildman–Crippen LogP) is 2.63. The Labute approximate surface area is 153 Å². The fourth-order valence-electron chi connectivity index (χ4n) is 2.48. The molecule has 8 heteroatoms. The molecule has 2 heterocycles. The number of aromatic nitrogens is 2. The lowest BCUT2D eigenvalue weighted by atomic mass is 10.0. The summed E-state index contributed by atoms with van der Waals surface area (Å²) in [5.74, 6) is 0.955. The van der Waals surface area contributed by atoms with Gasteiger partial charge in [-0.15, -0.1) is 0 Å². The van der Waals surface area contributed by atoms with E-state index in [1.807, 2.05) is 36.4 Å². The van der Waals surface area contributed by atoms with Crippen LogP contribution < -0.4 is 15.2 Å². The zero-order chi connectivity index (χ0) is 18.5. The van der Waals surface area contributed by atoms with Crippen molar-refractivity contribution >= 4 is 17.1 Å². The highest BCUT2D eigenvalue weighted by Gasteiger charge is 2.08. The zero-order valence-corrected chi connectivity index (χ0v) is 14.9. The number of anilines is 1. The second-order valence-electron chi connectivity index (χ2n) is 5.51. The summed E-state index contributed by atoms with van der Waals surface area (Å²) in [6.07, 6.45) is 3.41. The molecule has 0 aliphatic carbocycles. The van der Waals surface area contributed by atoms with Gasteiger partial charge in [-0.2, -0.15) is 0 Å². The van der Waals surface area contributed by atoms with Crippen LogP contribution in [0, 0.1) is 0 Å². The summed E-state index contributed by atoms with van der Waals surface area (Å²) < 4.78 is 27.0. The molecule has 0 bridgehead atoms. The summed E-state index contributed by atoms with van der Waals surface area (Å²) in [6.45, 7) is 0.312. The number of methoxy groups -OCH3 is 1. The molecule has 0 spiro atoms. The maximum absolute atomic E-state index is 10.7. The number of rotatable bonds is 6. The maximum Gasteiger partial charge on any atom is 0.232 e. The van der Waals surface area contributed by atoms with Crippen LogP contribution in [0.4, 0.5) is 5.82 Å². The first-order valence-electron chi connectivity index (χ1n) is 7.76. The Kier molecular flexibility index (Phi) is 5.57. The lowest BCUT2D eigenvalue weighted by Crippen LogP contribution is -2.15. The molecule has 3 aromatic rings. The van der Waals surface area contributed by atoms with Gasteiger partial charge in [0.25, 0.3) is 0 Å². The standard InChI is InChI=1S/C18H18N4O3S/c1-25-17-7-6-14(10-20-17)16-8-15(11-21-18(16)19)13-4-2-12(3-5-13)9-22-26(23)24/h2-8,10-11,22H,9H2,1H3,(H2,19,21)(H,23,24). The Morgan fingerprint density at radius 2 is 1.77 bits per heavy atom. The Hall–Kier alpha value is -2.81. The van der Waals surface area contributed by atoms with Gasteiger partial charge in [-0.3, -0.25) is 4.55 Å². The number of pyridine rings is 2. The lowest BCUT2D eigenvalue weighted by Gasteiger charge is -2.09. The first-order valence-corrected chi connectivity index (χ1v) is 8.87. The summed E-state index contributed by atoms with van der Waals surface area (Å²) in [7, 11) is 1.57. The number of nitrogen functional groups attached to an aromatic ring is 1. The molecule has 3 rings (SSSR count). The monoisotopic (exact) mass is 370 g/mol. The Morgan fingerprint density at radius 1 is 1.08 bits per heavy atom. The molecule has 0 radical (unpaired) electrons. The highest BCUT2D eigenvalue weighted by Crippen LogP contribution is 2.30. The molecule has 1 aromatic carbocycles. The van der Waals surface area contributed by atoms with Crippen LogP contribution in [0.5, 0.6) is 5.88 Å². The van der Waals surface area contributed by atoms with Crippen LogP contribution in [-0.4, -0.2) is 25.8 Å². The van der Waals surface area contributed by atoms with E-state index in [0.29, 0.717) is 18.2 Å². The van der Waals surface area contributed by atoms with E-state index in [-0.39, 0.29) is 0 Å². The molecule has 0 aliphatic rings. The van der Waals surface area contributed by atoms with E-state index < -0.39 is 11.3 Å². The number of hydrogen-bond donors (Lipinski definition) is 3. The third-order valence-corrected chi connectivity index (χ3v) is 4.25. The van der Waals surface area contributed by atoms with Crippen molar-refractivity contribution in [2.24, 2.45) is 0 Å². The fourth-order valence-corrected chi connectivity index (χ4v) is 2.78. The van der Waals surface area contributed by atoms with Crippen LogP contribution in [-0.2, 0) is 17.8 Å². The van der Waals surface area contributed by atoms with Crippen LogP contribution in [0.15, 0.2) is 54.9 Å². The first-order chi connectivity index (χ1) is 12.6. The third kappa shape index (κ3) is 4.23. The Balaban J connectivity index is 1.87. The summed E-state index contributed by atoms with van der Waals surface area (Å²) in [5, 5.41) is 0. The van der Waals surface area contributed by atoms with Crippen LogP contribution in [0.3, 0.4) is 0 Å². The van der Waals surface area contributed by atoms with Gasteiger partial charge in [0.05, 0.1) is 7.11 Å². The predicted molar refractivity (Wildman–Crippen MR) is 101 cm³/mol. The number of ether oxygens (including phenoxy) is 1. The molecular formula is C18H18N4O3S. The molecule has 134 valence electrons. The van der Waals surface area contributed by atoms with Crippen molar-refractivity contribution in [1.82, 2.24) is 14.7 Å². The SMILES string of the molecule is COc1ccc(-c2cc(-c3ccc(CNS(=O)O)cc3)cnc2N)cn1. The van der Waals surface area contributed by atoms with Gasteiger partial charge in [0, 0.05) is 41.7 Å². The van der Waals surface area contributed by atoms with Gasteiger partial charge in [0.2, 0.25) is 17.1 Å². The van der Waals surface area contributed by atoms with Crippen LogP contribution in [0.25, 0.3) is 22.3 Å². The largest absolute Gasteiger partial charge is 0.481 e. The minimum absolute atomic E-state index is 0.312. The number of nitrogens with two attached hydrogens (primary N) is 1. The molecule has 4 N–H and O–H groups in total. The van der Waals surface area contributed by atoms with Crippen molar-refractivity contribution in [3.63, 3.8) is 0 Å². The molecule has 0 aliphatic heterocycles. The van der Waals surface area contributed by atoms with Crippen LogP contribution >= 0.6 is 0 Å². The van der Waals surface area contributed by atoms with E-state index >= 15 is 0 Å². The van der Waals surface area contributed by atoms with E-state index in [9.17, 15) is 4.21 Å². The van der Waals surface area contributed by atoms with Crippen molar-refractivity contribution in [1.29, 1.82) is 0 Å². The van der Waals surface area contributed by atoms with Gasteiger partial charge >= 0.3 is 0 Å². The number of benzene rings is 1. The van der Waals surface area contributed by atoms with Crippen LogP contribution in [0.2, 0.25) is 0 Å². The summed E-state index contributed by atoms with van der Waals surface area (Å²) in [4.78, 5) is 8.50. The molecule has 2 aromatic heterocycles. The third-order valence-electron chi connectivity index (χ3n) is 3.86. The summed E-state index contributed by atoms with van der Waals surface area (Å²) in [6, 6.07) is 13.3. The lowest BCUT2D eigenvalue weighted by molar-refractivity contribution is 0.398. The van der Waals surface area contributed by atoms with Crippen molar-refractivity contribution in [3.05, 3.63) is 60.4 Å². The topological polar surface area (TPSA) is 110 Å². The molecule has 7 nitrogen and oxygen atoms in total. The van der Waals surface area contributed by atoms with Gasteiger partial charge in [-0.05, 0) is 23.3 Å². The molecule has 0 saturated heterocycles. The van der Waals surface area contributed by atoms with Crippen LogP contribution in [0.1, 0.15) is 5.56 Å². The van der Waals surface area contributed by atoms with Gasteiger partial charge in [0.15, 0.2) is 0 Å². The molecular weight excluding hydrogens is 352 g/mol. The van der Waals surface area contributed by atoms with Crippen molar-refractivity contribution < 1.29 is 13.5 Å². The summed E-state index contributed by atoms with van der Waals surface area (Å²) in [5.41, 5.74) is 10.5. The van der Waals surface area contributed by atoms with Gasteiger partial charge in [-0.1, -0.05) is 24.3 Å². The smallest absolute Gasteiger partial charge is 0.232 e. The second kappa shape index (κ2) is 8.05. The molecule has 0 fully saturated rings. The normalized spacial score (nSPS) is 11.9. The Bertz CT molecular complexity index is 915. The van der Waals surface area contributed by atoms with E-state index in [0.717, 1.165) is 27.8 Å². The van der Waals surface area contributed by atoms with E-state index in [1.54, 1.807) is 25.6 Å².